The Morgan fingerprint density at radius 1 is 0.291 bits per heavy atom. The Morgan fingerprint density at radius 2 is 0.645 bits per heavy atom. The van der Waals surface area contributed by atoms with Gasteiger partial charge in [0.15, 0.2) is 29.1 Å². The summed E-state index contributed by atoms with van der Waals surface area (Å²) in [6.07, 6.45) is 0. The Labute approximate surface area is 647 Å². The van der Waals surface area contributed by atoms with Crippen molar-refractivity contribution in [1.29, 1.82) is 0 Å². The largest absolute Gasteiger partial charge is 0.489 e. The van der Waals surface area contributed by atoms with E-state index >= 15 is 0 Å². The lowest BCUT2D eigenvalue weighted by Crippen LogP contribution is -2.30. The molecule has 6 heterocycles. The number of hydrogen-bond donors (Lipinski definition) is 2. The summed E-state index contributed by atoms with van der Waals surface area (Å²) >= 11 is 9.40. The van der Waals surface area contributed by atoms with E-state index in [1.54, 1.807) is 22.7 Å². The Hall–Kier alpha value is -12.6. The van der Waals surface area contributed by atoms with E-state index in [1.165, 1.54) is 92.6 Å². The normalized spacial score (nSPS) is 13.0. The van der Waals surface area contributed by atoms with Gasteiger partial charge in [-0.3, -0.25) is 0 Å². The molecule has 10 nitrogen and oxygen atoms in total. The van der Waals surface area contributed by atoms with Crippen LogP contribution in [0.15, 0.2) is 315 Å². The number of hydrogen-bond acceptors (Lipinski definition) is 10. The fraction of sp³-hybridized carbons (Fsp3) is 0.0625. The van der Waals surface area contributed by atoms with Crippen LogP contribution in [0.2, 0.25) is 5.28 Å². The maximum atomic E-state index is 10.4. The van der Waals surface area contributed by atoms with Crippen LogP contribution in [0.3, 0.4) is 0 Å². The summed E-state index contributed by atoms with van der Waals surface area (Å²) in [6.45, 7) is 9.32. The second-order valence-electron chi connectivity index (χ2n) is 29.2. The third-order valence-electron chi connectivity index (χ3n) is 22.1. The summed E-state index contributed by atoms with van der Waals surface area (Å²) in [5, 5.41) is 30.6. The Kier molecular flexibility index (Phi) is 16.0. The molecule has 0 amide bonds. The molecule has 0 spiro atoms. The Balaban J connectivity index is 0.000000120. The van der Waals surface area contributed by atoms with E-state index in [-0.39, 0.29) is 16.1 Å². The first kappa shape index (κ1) is 66.8. The molecule has 0 unspecified atom stereocenters. The van der Waals surface area contributed by atoms with Crippen LogP contribution in [-0.2, 0) is 10.8 Å². The lowest BCUT2D eigenvalue weighted by Gasteiger charge is -2.21. The number of thiophene rings is 2. The highest BCUT2D eigenvalue weighted by Crippen LogP contribution is 2.54. The van der Waals surface area contributed by atoms with Crippen LogP contribution in [0.4, 0.5) is 0 Å². The molecular weight excluding hydrogens is 1410 g/mol. The van der Waals surface area contributed by atoms with Crippen LogP contribution in [-0.4, -0.2) is 56.2 Å². The highest BCUT2D eigenvalue weighted by molar-refractivity contribution is 7.27. The summed E-state index contributed by atoms with van der Waals surface area (Å²) in [5.41, 5.74) is 22.4. The average molecular weight is 1470 g/mol. The van der Waals surface area contributed by atoms with Crippen LogP contribution in [0.5, 0.6) is 0 Å². The second kappa shape index (κ2) is 26.4. The lowest BCUT2D eigenvalue weighted by molar-refractivity contribution is 0.426. The van der Waals surface area contributed by atoms with E-state index in [4.69, 9.17) is 26.6 Å². The van der Waals surface area contributed by atoms with Gasteiger partial charge in [0, 0.05) is 117 Å². The third-order valence-corrected chi connectivity index (χ3v) is 24.7. The van der Waals surface area contributed by atoms with Crippen molar-refractivity contribution in [2.45, 2.75) is 38.5 Å². The summed E-state index contributed by atoms with van der Waals surface area (Å²) in [6, 6.07) is 110. The molecule has 2 N–H and O–H groups in total. The molecule has 0 radical (unpaired) electrons. The molecule has 2 aliphatic rings. The zero-order valence-electron chi connectivity index (χ0n) is 60.3. The first-order valence-electron chi connectivity index (χ1n) is 36.8. The van der Waals surface area contributed by atoms with Gasteiger partial charge in [-0.1, -0.05) is 270 Å². The smallest absolute Gasteiger partial charge is 0.423 e. The minimum Gasteiger partial charge on any atom is -0.423 e. The van der Waals surface area contributed by atoms with Crippen molar-refractivity contribution in [2.75, 3.05) is 0 Å². The van der Waals surface area contributed by atoms with Gasteiger partial charge in [-0.15, -0.1) is 22.7 Å². The van der Waals surface area contributed by atoms with Crippen LogP contribution < -0.4 is 5.46 Å². The fourth-order valence-electron chi connectivity index (χ4n) is 16.9. The van der Waals surface area contributed by atoms with Gasteiger partial charge in [0.1, 0.15) is 0 Å². The number of nitrogens with zero attached hydrogens (tertiary/aromatic N) is 8. The molecular formula is C96H66BClN8O2S2. The molecule has 0 bridgehead atoms. The molecule has 0 saturated heterocycles. The van der Waals surface area contributed by atoms with E-state index in [0.29, 0.717) is 34.6 Å². The molecule has 110 heavy (non-hydrogen) atoms. The van der Waals surface area contributed by atoms with Gasteiger partial charge in [-0.05, 0) is 129 Å². The maximum Gasteiger partial charge on any atom is 0.489 e. The van der Waals surface area contributed by atoms with Gasteiger partial charge < -0.3 is 19.2 Å². The van der Waals surface area contributed by atoms with Crippen molar-refractivity contribution in [3.63, 3.8) is 0 Å². The van der Waals surface area contributed by atoms with E-state index in [1.807, 2.05) is 115 Å². The quantitative estimate of drug-likeness (QED) is 0.144. The Morgan fingerprint density at radius 3 is 1.09 bits per heavy atom. The number of aromatic nitrogens is 8. The van der Waals surface area contributed by atoms with E-state index in [9.17, 15) is 10.0 Å². The van der Waals surface area contributed by atoms with Gasteiger partial charge in [-0.25, -0.2) is 19.9 Å². The molecule has 14 aromatic carbocycles. The van der Waals surface area contributed by atoms with Gasteiger partial charge in [-0.2, -0.15) is 9.97 Å². The molecule has 6 aromatic heterocycles. The molecule has 0 saturated carbocycles. The maximum absolute atomic E-state index is 10.4. The first-order chi connectivity index (χ1) is 53.8. The molecule has 0 aliphatic heterocycles. The van der Waals surface area contributed by atoms with Crippen LogP contribution in [0.1, 0.15) is 49.9 Å². The van der Waals surface area contributed by atoms with Crippen LogP contribution >= 0.6 is 34.3 Å². The molecule has 524 valence electrons. The standard InChI is InChI=1S/C48H32N4S.C33H24BNO2S.C15H10ClN3/c1-48(2)39-22-12-9-19-32(39)35-27-36-33-20-10-13-23-41(33)52(42(36)28-40(35)48)31-25-37-34-21-11-14-24-43(34)53-44(37)38(26-31)47-50-45(29-15-5-3-6-16-29)49-46(51-47)30-17-7-4-8-18-30;1-33(2)26-12-6-3-9-20(26)23-17-24-21-10-4-7-13-29(21)35(30(24)18-27(23)33)19-15-25-22-11-5-8-14-31(22)38-32(25)28(16-19)34(36)37;16-15-18-13(11-7-3-1-4-8-11)17-14(19-15)12-9-5-2-6-10-12/h3-28H,1-2H3;3-18,36-37H,1-2H3;1-10H. The van der Waals surface area contributed by atoms with Gasteiger partial charge >= 0.3 is 7.12 Å². The molecule has 20 aromatic rings. The predicted octanol–water partition coefficient (Wildman–Crippen LogP) is 23.6. The predicted molar refractivity (Wildman–Crippen MR) is 458 cm³/mol. The summed E-state index contributed by atoms with van der Waals surface area (Å²) in [5.74, 6) is 3.14. The zero-order valence-corrected chi connectivity index (χ0v) is 62.7. The summed E-state index contributed by atoms with van der Waals surface area (Å²) < 4.78 is 9.21. The van der Waals surface area contributed by atoms with Crippen molar-refractivity contribution in [3.8, 4) is 90.6 Å². The number of fused-ring (bicyclic) bond motifs is 18. The number of halogens is 1. The molecule has 22 rings (SSSR count). The minimum atomic E-state index is -1.56. The molecule has 0 fully saturated rings. The van der Waals surface area contributed by atoms with Crippen LogP contribution in [0.25, 0.3) is 175 Å². The number of para-hydroxylation sites is 2. The second-order valence-corrected chi connectivity index (χ2v) is 31.7. The van der Waals surface area contributed by atoms with Gasteiger partial charge in [0.2, 0.25) is 5.28 Å². The zero-order chi connectivity index (χ0) is 74.1. The third kappa shape index (κ3) is 11.1. The van der Waals surface area contributed by atoms with E-state index in [2.05, 4.69) is 252 Å². The SMILES string of the molecule is CC1(C)c2ccccc2-c2cc3c4ccccc4n(-c4cc(-c5nc(-c6ccccc6)nc(-c6ccccc6)n5)c5sc6ccccc6c5c4)c3cc21.CC1(C)c2ccccc2-c2cc3c4ccccc4n(-c4cc(B(O)O)c5sc6ccccc6c5c4)c3cc21.Clc1nc(-c2ccccc2)nc(-c2ccccc2)n1. The molecule has 14 heteroatoms. The number of benzene rings is 14. The van der Waals surface area contributed by atoms with Gasteiger partial charge in [0.25, 0.3) is 0 Å². The van der Waals surface area contributed by atoms with Crippen molar-refractivity contribution in [1.82, 2.24) is 39.0 Å². The van der Waals surface area contributed by atoms with Gasteiger partial charge in [0.05, 0.1) is 22.1 Å². The highest BCUT2D eigenvalue weighted by atomic mass is 35.5. The Bertz CT molecular complexity index is 6980. The molecule has 2 aliphatic carbocycles. The molecule has 0 atom stereocenters. The monoisotopic (exact) mass is 1470 g/mol. The lowest BCUT2D eigenvalue weighted by atomic mass is 9.79. The minimum absolute atomic E-state index is 0.110. The average Bonchev–Trinajstić information content (AvgIpc) is 1.55. The van der Waals surface area contributed by atoms with E-state index in [0.717, 1.165) is 75.1 Å². The summed E-state index contributed by atoms with van der Waals surface area (Å²) in [7, 11) is -1.56. The van der Waals surface area contributed by atoms with Crippen molar-refractivity contribution >= 4 is 131 Å². The van der Waals surface area contributed by atoms with Crippen molar-refractivity contribution < 1.29 is 10.0 Å². The summed E-state index contributed by atoms with van der Waals surface area (Å²) in [4.78, 5) is 28.3. The number of rotatable bonds is 8. The topological polar surface area (TPSA) is 128 Å². The van der Waals surface area contributed by atoms with Crippen molar-refractivity contribution in [2.24, 2.45) is 0 Å². The first-order valence-corrected chi connectivity index (χ1v) is 38.8. The fourth-order valence-corrected chi connectivity index (χ4v) is 19.4. The highest BCUT2D eigenvalue weighted by Gasteiger charge is 2.38. The van der Waals surface area contributed by atoms with E-state index < -0.39 is 7.12 Å². The van der Waals surface area contributed by atoms with Crippen LogP contribution in [0, 0.1) is 0 Å². The van der Waals surface area contributed by atoms with Crippen molar-refractivity contribution in [3.05, 3.63) is 343 Å².